The average Bonchev–Trinajstić information content (AvgIpc) is 3.45. The molecule has 2 N–H and O–H groups in total. The van der Waals surface area contributed by atoms with Gasteiger partial charge in [0.15, 0.2) is 0 Å². The molecule has 2 aromatic carbocycles. The van der Waals surface area contributed by atoms with Gasteiger partial charge in [0.25, 0.3) is 11.8 Å². The first-order chi connectivity index (χ1) is 18.2. The number of amides is 3. The van der Waals surface area contributed by atoms with Crippen molar-refractivity contribution in [1.82, 2.24) is 25.6 Å². The third-order valence-electron chi connectivity index (χ3n) is 7.25. The van der Waals surface area contributed by atoms with E-state index in [-0.39, 0.29) is 61.4 Å². The van der Waals surface area contributed by atoms with Crippen LogP contribution in [0.15, 0.2) is 30.3 Å². The van der Waals surface area contributed by atoms with Crippen LogP contribution >= 0.6 is 24.8 Å². The van der Waals surface area contributed by atoms with Crippen LogP contribution in [0.2, 0.25) is 0 Å². The van der Waals surface area contributed by atoms with Crippen LogP contribution < -0.4 is 15.5 Å². The maximum absolute atomic E-state index is 13.6. The van der Waals surface area contributed by atoms with E-state index in [0.29, 0.717) is 50.5 Å². The molecule has 40 heavy (non-hydrogen) atoms. The molecule has 0 saturated heterocycles. The maximum Gasteiger partial charge on any atom is 0.254 e. The molecule has 0 unspecified atom stereocenters. The van der Waals surface area contributed by atoms with Gasteiger partial charge in [-0.1, -0.05) is 19.1 Å². The minimum atomic E-state index is -0.288. The van der Waals surface area contributed by atoms with Gasteiger partial charge in [-0.15, -0.1) is 24.8 Å². The Bertz CT molecular complexity index is 1230. The molecule has 2 aliphatic rings. The summed E-state index contributed by atoms with van der Waals surface area (Å²) in [5, 5.41) is 9.62. The predicted octanol–water partition coefficient (Wildman–Crippen LogP) is 2.87. The fourth-order valence-corrected chi connectivity index (χ4v) is 5.03. The number of aryl methyl sites for hydroxylation is 1. The van der Waals surface area contributed by atoms with Crippen molar-refractivity contribution >= 4 is 48.2 Å². The number of fused-ring (bicyclic) bond motifs is 2. The molecule has 0 aromatic heterocycles. The van der Waals surface area contributed by atoms with Crippen LogP contribution in [0.1, 0.15) is 46.5 Å². The van der Waals surface area contributed by atoms with E-state index >= 15 is 0 Å². The van der Waals surface area contributed by atoms with Crippen molar-refractivity contribution in [3.05, 3.63) is 64.0 Å². The van der Waals surface area contributed by atoms with Crippen LogP contribution in [-0.4, -0.2) is 79.0 Å². The molecule has 220 valence electrons. The van der Waals surface area contributed by atoms with Gasteiger partial charge in [0.1, 0.15) is 5.82 Å². The summed E-state index contributed by atoms with van der Waals surface area (Å²) in [5.41, 5.74) is 5.14. The molecule has 12 heteroatoms. The second-order valence-electron chi connectivity index (χ2n) is 9.77. The Labute approximate surface area is 247 Å². The molecule has 0 spiro atoms. The number of rotatable bonds is 11. The quantitative estimate of drug-likeness (QED) is 0.388. The zero-order valence-corrected chi connectivity index (χ0v) is 25.1. The van der Waals surface area contributed by atoms with Crippen LogP contribution in [0.3, 0.4) is 0 Å². The van der Waals surface area contributed by atoms with Gasteiger partial charge in [-0.25, -0.2) is 9.40 Å². The van der Waals surface area contributed by atoms with E-state index in [0.717, 1.165) is 28.8 Å². The molecule has 0 atom stereocenters. The summed E-state index contributed by atoms with van der Waals surface area (Å²) in [4.78, 5) is 42.4. The van der Waals surface area contributed by atoms with E-state index in [4.69, 9.17) is 0 Å². The average molecular weight is 598 g/mol. The smallest absolute Gasteiger partial charge is 0.254 e. The van der Waals surface area contributed by atoms with Crippen molar-refractivity contribution in [2.75, 3.05) is 51.2 Å². The Morgan fingerprint density at radius 3 is 2.35 bits per heavy atom. The Kier molecular flexibility index (Phi) is 12.3. The fourth-order valence-electron chi connectivity index (χ4n) is 5.03. The highest BCUT2D eigenvalue weighted by atomic mass is 35.5. The minimum absolute atomic E-state index is 0. The zero-order valence-electron chi connectivity index (χ0n) is 23.5. The van der Waals surface area contributed by atoms with Crippen molar-refractivity contribution in [2.45, 2.75) is 40.4 Å². The number of carbonyl (C=O) groups excluding carboxylic acids is 3. The lowest BCUT2D eigenvalue weighted by molar-refractivity contribution is -0.145. The molecule has 2 aromatic rings. The van der Waals surface area contributed by atoms with Gasteiger partial charge in [0.2, 0.25) is 5.91 Å². The van der Waals surface area contributed by atoms with Crippen molar-refractivity contribution in [3.63, 3.8) is 0 Å². The number of hydrazine groups is 1. The predicted molar refractivity (Wildman–Crippen MR) is 158 cm³/mol. The Balaban J connectivity index is 0.00000280. The minimum Gasteiger partial charge on any atom is -0.335 e. The lowest BCUT2D eigenvalue weighted by atomic mass is 10.0. The summed E-state index contributed by atoms with van der Waals surface area (Å²) in [6.45, 7) is 9.90. The van der Waals surface area contributed by atoms with Gasteiger partial charge in [-0.3, -0.25) is 24.7 Å². The molecule has 0 fully saturated rings. The maximum atomic E-state index is 13.6. The summed E-state index contributed by atoms with van der Waals surface area (Å²) in [5.74, 6) is -0.669. The third-order valence-corrected chi connectivity index (χ3v) is 7.25. The SMILES string of the molecule is CCNCCN(C(=O)CNCC(=O)N(C)N1Cc2ccc(F)cc2C1)c1cc2c(cc1C)CN(CC)C2=O.Cl.Cl. The van der Waals surface area contributed by atoms with E-state index in [9.17, 15) is 18.8 Å². The Hall–Kier alpha value is -2.76. The molecular weight excluding hydrogens is 558 g/mol. The van der Waals surface area contributed by atoms with Gasteiger partial charge >= 0.3 is 0 Å². The Morgan fingerprint density at radius 1 is 0.950 bits per heavy atom. The van der Waals surface area contributed by atoms with Crippen LogP contribution in [0, 0.1) is 12.7 Å². The first-order valence-corrected chi connectivity index (χ1v) is 13.2. The lowest BCUT2D eigenvalue weighted by Gasteiger charge is -2.28. The molecule has 0 aliphatic carbocycles. The number of hydrogen-bond donors (Lipinski definition) is 2. The van der Waals surface area contributed by atoms with Crippen molar-refractivity contribution in [3.8, 4) is 0 Å². The molecule has 2 aliphatic heterocycles. The molecule has 2 heterocycles. The molecule has 4 rings (SSSR count). The number of likely N-dealkylation sites (N-methyl/N-ethyl adjacent to an activating group) is 2. The van der Waals surface area contributed by atoms with Gasteiger partial charge in [-0.05, 0) is 60.8 Å². The van der Waals surface area contributed by atoms with E-state index < -0.39 is 0 Å². The Morgan fingerprint density at radius 2 is 1.65 bits per heavy atom. The number of carbonyl (C=O) groups is 3. The number of nitrogens with one attached hydrogen (secondary N) is 2. The summed E-state index contributed by atoms with van der Waals surface area (Å²) in [7, 11) is 1.68. The normalized spacial score (nSPS) is 13.8. The fraction of sp³-hybridized carbons (Fsp3) is 0.464. The highest BCUT2D eigenvalue weighted by molar-refractivity contribution is 6.02. The molecule has 0 bridgehead atoms. The van der Waals surface area contributed by atoms with Crippen LogP contribution in [0.25, 0.3) is 0 Å². The highest BCUT2D eigenvalue weighted by Gasteiger charge is 2.29. The van der Waals surface area contributed by atoms with E-state index in [1.54, 1.807) is 22.9 Å². The van der Waals surface area contributed by atoms with Gasteiger partial charge < -0.3 is 15.1 Å². The molecular formula is C28H39Cl2FN6O3. The monoisotopic (exact) mass is 596 g/mol. The second-order valence-corrected chi connectivity index (χ2v) is 9.77. The van der Waals surface area contributed by atoms with Gasteiger partial charge in [0, 0.05) is 57.6 Å². The van der Waals surface area contributed by atoms with E-state index in [1.165, 1.54) is 17.1 Å². The van der Waals surface area contributed by atoms with Gasteiger partial charge in [0.05, 0.1) is 13.1 Å². The van der Waals surface area contributed by atoms with E-state index in [1.807, 2.05) is 37.9 Å². The van der Waals surface area contributed by atoms with E-state index in [2.05, 4.69) is 10.6 Å². The number of nitrogens with zero attached hydrogens (tertiary/aromatic N) is 4. The first-order valence-electron chi connectivity index (χ1n) is 13.2. The largest absolute Gasteiger partial charge is 0.335 e. The summed E-state index contributed by atoms with van der Waals surface area (Å²) >= 11 is 0. The standard InChI is InChI=1S/C28H37FN6O3.2ClH/c1-5-30-9-10-35(25-13-24-22(11-19(25)3)16-33(6-2)28(24)38)27(37)15-31-14-26(36)32(4)34-17-20-7-8-23(29)12-21(20)18-34;;/h7-8,11-13,30-31H,5-6,9-10,14-18H2,1-4H3;2*1H. The highest BCUT2D eigenvalue weighted by Crippen LogP contribution is 2.31. The zero-order chi connectivity index (χ0) is 27.4. The molecule has 0 saturated carbocycles. The topological polar surface area (TPSA) is 88.2 Å². The number of anilines is 1. The lowest BCUT2D eigenvalue weighted by Crippen LogP contribution is -2.47. The first kappa shape index (κ1) is 33.4. The summed E-state index contributed by atoms with van der Waals surface area (Å²) in [6, 6.07) is 8.51. The van der Waals surface area contributed by atoms with Crippen LogP contribution in [-0.2, 0) is 29.2 Å². The van der Waals surface area contributed by atoms with Gasteiger partial charge in [-0.2, -0.15) is 0 Å². The number of benzene rings is 2. The van der Waals surface area contributed by atoms with Crippen LogP contribution in [0.4, 0.5) is 10.1 Å². The second kappa shape index (κ2) is 14.7. The van der Waals surface area contributed by atoms with Crippen LogP contribution in [0.5, 0.6) is 0 Å². The summed E-state index contributed by atoms with van der Waals surface area (Å²) in [6.07, 6.45) is 0. The molecule has 0 radical (unpaired) electrons. The number of hydrogen-bond acceptors (Lipinski definition) is 6. The van der Waals surface area contributed by atoms with Crippen molar-refractivity contribution in [2.24, 2.45) is 0 Å². The molecule has 3 amide bonds. The number of halogens is 3. The summed E-state index contributed by atoms with van der Waals surface area (Å²) < 4.78 is 13.6. The third kappa shape index (κ3) is 7.30. The van der Waals surface area contributed by atoms with Crippen molar-refractivity contribution < 1.29 is 18.8 Å². The molecule has 9 nitrogen and oxygen atoms in total. The van der Waals surface area contributed by atoms with Crippen molar-refractivity contribution in [1.29, 1.82) is 0 Å².